The van der Waals surface area contributed by atoms with Gasteiger partial charge >= 0.3 is 6.18 Å². The Morgan fingerprint density at radius 3 is 2.63 bits per heavy atom. The van der Waals surface area contributed by atoms with Crippen molar-refractivity contribution < 1.29 is 17.9 Å². The van der Waals surface area contributed by atoms with Gasteiger partial charge in [-0.2, -0.15) is 13.2 Å². The van der Waals surface area contributed by atoms with Crippen molar-refractivity contribution in [2.45, 2.75) is 25.6 Å². The average Bonchev–Trinajstić information content (AvgIpc) is 3.10. The molecule has 2 N–H and O–H groups in total. The number of likely N-dealkylation sites (tertiary alicyclic amines) is 1. The molecule has 2 rings (SSSR count). The number of hydrogen-bond donors (Lipinski definition) is 2. The molecule has 6 nitrogen and oxygen atoms in total. The number of guanidine groups is 1. The molecule has 1 aliphatic rings. The summed E-state index contributed by atoms with van der Waals surface area (Å²) in [7, 11) is 3.36. The van der Waals surface area contributed by atoms with Crippen LogP contribution in [-0.4, -0.2) is 62.8 Å². The molecule has 0 aromatic carbocycles. The van der Waals surface area contributed by atoms with E-state index in [2.05, 4.69) is 25.5 Å². The Balaban J connectivity index is 0.00000364. The summed E-state index contributed by atoms with van der Waals surface area (Å²) < 4.78 is 42.8. The Morgan fingerprint density at radius 2 is 2.07 bits per heavy atom. The Kier molecular flexibility index (Phi) is 10.9. The minimum Gasteiger partial charge on any atom is -0.383 e. The first kappa shape index (κ1) is 24.4. The summed E-state index contributed by atoms with van der Waals surface area (Å²) in [5.74, 6) is 1.14. The van der Waals surface area contributed by atoms with E-state index in [0.717, 1.165) is 62.3 Å². The van der Waals surface area contributed by atoms with Gasteiger partial charge in [0.2, 0.25) is 0 Å². The highest BCUT2D eigenvalue weighted by Gasteiger charge is 2.33. The average molecular weight is 521 g/mol. The van der Waals surface area contributed by atoms with E-state index in [1.54, 1.807) is 14.2 Å². The van der Waals surface area contributed by atoms with E-state index in [1.807, 2.05) is 0 Å². The zero-order chi connectivity index (χ0) is 19.0. The van der Waals surface area contributed by atoms with Gasteiger partial charge in [0.05, 0.1) is 13.2 Å². The molecule has 2 heterocycles. The lowest BCUT2D eigenvalue weighted by molar-refractivity contribution is -0.140. The molecule has 0 amide bonds. The third-order valence-electron chi connectivity index (χ3n) is 4.35. The van der Waals surface area contributed by atoms with Gasteiger partial charge in [0.15, 0.2) is 11.7 Å². The fourth-order valence-electron chi connectivity index (χ4n) is 2.78. The molecule has 27 heavy (non-hydrogen) atoms. The van der Waals surface area contributed by atoms with Gasteiger partial charge in [0.25, 0.3) is 0 Å². The van der Waals surface area contributed by atoms with Gasteiger partial charge in [0, 0.05) is 32.6 Å². The number of ether oxygens (including phenoxy) is 1. The van der Waals surface area contributed by atoms with E-state index in [1.165, 1.54) is 0 Å². The number of alkyl halides is 3. The maximum Gasteiger partial charge on any atom is 0.434 e. The van der Waals surface area contributed by atoms with Crippen LogP contribution in [0.15, 0.2) is 10.4 Å². The van der Waals surface area contributed by atoms with Crippen molar-refractivity contribution in [3.8, 4) is 0 Å². The summed E-state index contributed by atoms with van der Waals surface area (Å²) in [5.41, 5.74) is -0.845. The van der Waals surface area contributed by atoms with Crippen molar-refractivity contribution in [2.75, 3.05) is 46.9 Å². The number of hydrogen-bond acceptors (Lipinski definition) is 5. The lowest BCUT2D eigenvalue weighted by Gasteiger charge is -2.32. The second kappa shape index (κ2) is 12.0. The van der Waals surface area contributed by atoms with Gasteiger partial charge in [-0.25, -0.2) is 4.98 Å². The Hall–Kier alpha value is -0.660. The van der Waals surface area contributed by atoms with Gasteiger partial charge in [0.1, 0.15) is 5.01 Å². The van der Waals surface area contributed by atoms with Crippen molar-refractivity contribution in [3.05, 3.63) is 16.1 Å². The first-order valence-electron chi connectivity index (χ1n) is 8.59. The number of nitrogens with one attached hydrogen (secondary N) is 2. The third-order valence-corrected chi connectivity index (χ3v) is 5.20. The molecular formula is C16H27F3IN5OS. The van der Waals surface area contributed by atoms with Crippen LogP contribution in [0.4, 0.5) is 13.2 Å². The molecule has 0 radical (unpaired) electrons. The third kappa shape index (κ3) is 8.48. The number of halogens is 4. The first-order chi connectivity index (χ1) is 12.4. The summed E-state index contributed by atoms with van der Waals surface area (Å²) in [4.78, 5) is 10.1. The van der Waals surface area contributed by atoms with E-state index in [0.29, 0.717) is 16.9 Å². The normalized spacial score (nSPS) is 16.9. The number of thiazole rings is 1. The monoisotopic (exact) mass is 521 g/mol. The van der Waals surface area contributed by atoms with E-state index < -0.39 is 11.9 Å². The lowest BCUT2D eigenvalue weighted by Crippen LogP contribution is -2.43. The number of nitrogens with zero attached hydrogens (tertiary/aromatic N) is 3. The smallest absolute Gasteiger partial charge is 0.383 e. The number of piperidine rings is 1. The fourth-order valence-corrected chi connectivity index (χ4v) is 3.52. The largest absolute Gasteiger partial charge is 0.434 e. The predicted octanol–water partition coefficient (Wildman–Crippen LogP) is 2.80. The van der Waals surface area contributed by atoms with Gasteiger partial charge in [-0.15, -0.1) is 35.3 Å². The second-order valence-corrected chi connectivity index (χ2v) is 7.15. The van der Waals surface area contributed by atoms with Crippen LogP contribution in [0.5, 0.6) is 0 Å². The molecule has 1 saturated heterocycles. The van der Waals surface area contributed by atoms with Crippen LogP contribution in [0.1, 0.15) is 23.5 Å². The van der Waals surface area contributed by atoms with Crippen molar-refractivity contribution in [1.29, 1.82) is 0 Å². The SMILES string of the molecule is CN=C(NCc1nc(C(F)(F)F)cs1)NCC1CCN(CCOC)CC1.I. The maximum absolute atomic E-state index is 12.6. The number of aliphatic imine (C=N–C) groups is 1. The molecule has 0 atom stereocenters. The maximum atomic E-state index is 12.6. The zero-order valence-corrected chi connectivity index (χ0v) is 18.7. The quantitative estimate of drug-likeness (QED) is 0.329. The van der Waals surface area contributed by atoms with E-state index in [4.69, 9.17) is 4.74 Å². The summed E-state index contributed by atoms with van der Waals surface area (Å²) in [5, 5.41) is 7.69. The molecule has 1 aromatic rings. The molecule has 1 aromatic heterocycles. The molecule has 0 aliphatic carbocycles. The van der Waals surface area contributed by atoms with Crippen molar-refractivity contribution in [1.82, 2.24) is 20.5 Å². The van der Waals surface area contributed by atoms with Crippen LogP contribution < -0.4 is 10.6 Å². The van der Waals surface area contributed by atoms with Crippen molar-refractivity contribution >= 4 is 41.3 Å². The van der Waals surface area contributed by atoms with Crippen LogP contribution >= 0.6 is 35.3 Å². The molecule has 0 bridgehead atoms. The zero-order valence-electron chi connectivity index (χ0n) is 15.5. The van der Waals surface area contributed by atoms with E-state index >= 15 is 0 Å². The molecule has 1 aliphatic heterocycles. The van der Waals surface area contributed by atoms with Gasteiger partial charge in [-0.3, -0.25) is 4.99 Å². The summed E-state index contributed by atoms with van der Waals surface area (Å²) in [6, 6.07) is 0. The van der Waals surface area contributed by atoms with Crippen molar-refractivity contribution in [2.24, 2.45) is 10.9 Å². The van der Waals surface area contributed by atoms with Crippen LogP contribution in [0.25, 0.3) is 0 Å². The molecule has 0 saturated carbocycles. The Labute approximate surface area is 179 Å². The lowest BCUT2D eigenvalue weighted by atomic mass is 9.97. The standard InChI is InChI=1S/C16H26F3N5OS.HI/c1-20-15(22-10-14-23-13(11-26-14)16(17,18)19)21-9-12-3-5-24(6-4-12)7-8-25-2;/h11-12H,3-10H2,1-2H3,(H2,20,21,22);1H. The molecular weight excluding hydrogens is 494 g/mol. The van der Waals surface area contributed by atoms with Crippen molar-refractivity contribution in [3.63, 3.8) is 0 Å². The molecule has 156 valence electrons. The first-order valence-corrected chi connectivity index (χ1v) is 9.47. The summed E-state index contributed by atoms with van der Waals surface area (Å²) in [6.45, 7) is 4.85. The minimum atomic E-state index is -4.40. The highest BCUT2D eigenvalue weighted by molar-refractivity contribution is 14.0. The van der Waals surface area contributed by atoms with E-state index in [-0.39, 0.29) is 30.5 Å². The number of methoxy groups -OCH3 is 1. The molecule has 11 heteroatoms. The number of aromatic nitrogens is 1. The van der Waals surface area contributed by atoms with Crippen LogP contribution in [0.2, 0.25) is 0 Å². The number of rotatable bonds is 7. The van der Waals surface area contributed by atoms with Crippen LogP contribution in [-0.2, 0) is 17.5 Å². The summed E-state index contributed by atoms with van der Waals surface area (Å²) in [6.07, 6.45) is -2.18. The van der Waals surface area contributed by atoms with Crippen LogP contribution in [0.3, 0.4) is 0 Å². The Morgan fingerprint density at radius 1 is 1.37 bits per heavy atom. The predicted molar refractivity (Wildman–Crippen MR) is 112 cm³/mol. The minimum absolute atomic E-state index is 0. The van der Waals surface area contributed by atoms with Gasteiger partial charge < -0.3 is 20.3 Å². The second-order valence-electron chi connectivity index (χ2n) is 6.21. The highest BCUT2D eigenvalue weighted by Crippen LogP contribution is 2.29. The highest BCUT2D eigenvalue weighted by atomic mass is 127. The molecule has 0 unspecified atom stereocenters. The van der Waals surface area contributed by atoms with Gasteiger partial charge in [-0.05, 0) is 31.8 Å². The van der Waals surface area contributed by atoms with E-state index in [9.17, 15) is 13.2 Å². The van der Waals surface area contributed by atoms with Gasteiger partial charge in [-0.1, -0.05) is 0 Å². The fraction of sp³-hybridized carbons (Fsp3) is 0.750. The topological polar surface area (TPSA) is 61.8 Å². The summed E-state index contributed by atoms with van der Waals surface area (Å²) >= 11 is 0.990. The molecule has 0 spiro atoms. The Bertz CT molecular complexity index is 577. The molecule has 1 fully saturated rings. The van der Waals surface area contributed by atoms with Crippen LogP contribution in [0, 0.1) is 5.92 Å².